The fourth-order valence-corrected chi connectivity index (χ4v) is 1.88. The van der Waals surface area contributed by atoms with Crippen molar-refractivity contribution >= 4 is 0 Å². The van der Waals surface area contributed by atoms with Crippen molar-refractivity contribution in [2.24, 2.45) is 11.8 Å². The highest BCUT2D eigenvalue weighted by molar-refractivity contribution is 5.31. The van der Waals surface area contributed by atoms with E-state index in [4.69, 9.17) is 4.74 Å². The van der Waals surface area contributed by atoms with E-state index in [1.54, 1.807) is 0 Å². The van der Waals surface area contributed by atoms with Gasteiger partial charge in [0.2, 0.25) is 0 Å². The Labute approximate surface area is 91.8 Å². The fraction of sp³-hybridized carbons (Fsp3) is 0.429. The van der Waals surface area contributed by atoms with Crippen LogP contribution in [0.1, 0.15) is 19.8 Å². The summed E-state index contributed by atoms with van der Waals surface area (Å²) in [4.78, 5) is 0. The highest BCUT2D eigenvalue weighted by Crippen LogP contribution is 2.28. The van der Waals surface area contributed by atoms with Crippen LogP contribution in [0.15, 0.2) is 48.3 Å². The SMILES string of the molecule is CCCCOC1=CC2C=CC=CC2C=C1. The third-order valence-corrected chi connectivity index (χ3v) is 2.83. The van der Waals surface area contributed by atoms with Gasteiger partial charge in [0.15, 0.2) is 0 Å². The van der Waals surface area contributed by atoms with Crippen LogP contribution in [0.2, 0.25) is 0 Å². The molecule has 1 heteroatoms. The van der Waals surface area contributed by atoms with Gasteiger partial charge in [-0.25, -0.2) is 0 Å². The summed E-state index contributed by atoms with van der Waals surface area (Å²) >= 11 is 0. The molecule has 0 aromatic carbocycles. The van der Waals surface area contributed by atoms with Crippen LogP contribution in [0.25, 0.3) is 0 Å². The van der Waals surface area contributed by atoms with Crippen LogP contribution in [0, 0.1) is 11.8 Å². The van der Waals surface area contributed by atoms with Crippen molar-refractivity contribution in [3.63, 3.8) is 0 Å². The molecule has 0 aromatic rings. The Bertz CT molecular complexity index is 320. The van der Waals surface area contributed by atoms with Gasteiger partial charge in [0.05, 0.1) is 6.61 Å². The van der Waals surface area contributed by atoms with Crippen molar-refractivity contribution < 1.29 is 4.74 Å². The number of hydrogen-bond donors (Lipinski definition) is 0. The zero-order valence-corrected chi connectivity index (χ0v) is 9.23. The first-order valence-electron chi connectivity index (χ1n) is 5.78. The molecule has 0 heterocycles. The van der Waals surface area contributed by atoms with E-state index in [1.165, 1.54) is 6.42 Å². The van der Waals surface area contributed by atoms with Crippen LogP contribution in [0.3, 0.4) is 0 Å². The third kappa shape index (κ3) is 2.62. The zero-order valence-electron chi connectivity index (χ0n) is 9.23. The molecule has 15 heavy (non-hydrogen) atoms. The van der Waals surface area contributed by atoms with E-state index in [-0.39, 0.29) is 0 Å². The van der Waals surface area contributed by atoms with E-state index in [9.17, 15) is 0 Å². The Morgan fingerprint density at radius 1 is 1.13 bits per heavy atom. The molecule has 0 spiro atoms. The minimum atomic E-state index is 0.497. The summed E-state index contributed by atoms with van der Waals surface area (Å²) in [6, 6.07) is 0. The molecule has 0 fully saturated rings. The highest BCUT2D eigenvalue weighted by atomic mass is 16.5. The second-order valence-electron chi connectivity index (χ2n) is 4.05. The molecule has 0 radical (unpaired) electrons. The molecule has 2 unspecified atom stereocenters. The van der Waals surface area contributed by atoms with Crippen molar-refractivity contribution in [2.75, 3.05) is 6.61 Å². The molecule has 1 nitrogen and oxygen atoms in total. The number of allylic oxidation sites excluding steroid dienone is 7. The molecule has 0 N–H and O–H groups in total. The van der Waals surface area contributed by atoms with Crippen LogP contribution in [0.4, 0.5) is 0 Å². The minimum absolute atomic E-state index is 0.497. The summed E-state index contributed by atoms with van der Waals surface area (Å²) in [6.45, 7) is 3.02. The van der Waals surface area contributed by atoms with Gasteiger partial charge >= 0.3 is 0 Å². The maximum atomic E-state index is 5.69. The Balaban J connectivity index is 1.92. The number of rotatable bonds is 4. The van der Waals surface area contributed by atoms with Gasteiger partial charge in [0, 0.05) is 11.8 Å². The topological polar surface area (TPSA) is 9.23 Å². The lowest BCUT2D eigenvalue weighted by Crippen LogP contribution is -2.12. The summed E-state index contributed by atoms with van der Waals surface area (Å²) in [5.74, 6) is 2.06. The Hall–Kier alpha value is -1.24. The zero-order chi connectivity index (χ0) is 10.5. The van der Waals surface area contributed by atoms with Gasteiger partial charge in [-0.1, -0.05) is 43.7 Å². The Kier molecular flexibility index (Phi) is 3.44. The fourth-order valence-electron chi connectivity index (χ4n) is 1.88. The summed E-state index contributed by atoms with van der Waals surface area (Å²) in [5, 5.41) is 0. The monoisotopic (exact) mass is 202 g/mol. The molecule has 2 rings (SSSR count). The maximum Gasteiger partial charge on any atom is 0.115 e. The maximum absolute atomic E-state index is 5.69. The summed E-state index contributed by atoms with van der Waals surface area (Å²) < 4.78 is 5.69. The molecule has 0 aromatic heterocycles. The van der Waals surface area contributed by atoms with E-state index in [2.05, 4.69) is 49.5 Å². The van der Waals surface area contributed by atoms with Gasteiger partial charge in [-0.3, -0.25) is 0 Å². The molecule has 0 saturated heterocycles. The quantitative estimate of drug-likeness (QED) is 0.633. The number of unbranched alkanes of at least 4 members (excludes halogenated alkanes) is 1. The summed E-state index contributed by atoms with van der Waals surface area (Å²) in [5.41, 5.74) is 0. The molecule has 80 valence electrons. The van der Waals surface area contributed by atoms with Crippen molar-refractivity contribution in [1.82, 2.24) is 0 Å². The largest absolute Gasteiger partial charge is 0.494 e. The average Bonchev–Trinajstić information content (AvgIpc) is 2.29. The van der Waals surface area contributed by atoms with Crippen LogP contribution in [-0.2, 0) is 4.74 Å². The Morgan fingerprint density at radius 3 is 2.73 bits per heavy atom. The lowest BCUT2D eigenvalue weighted by atomic mass is 9.85. The second kappa shape index (κ2) is 5.01. The predicted molar refractivity (Wildman–Crippen MR) is 63.3 cm³/mol. The molecule has 2 aliphatic carbocycles. The van der Waals surface area contributed by atoms with Crippen LogP contribution < -0.4 is 0 Å². The van der Waals surface area contributed by atoms with Gasteiger partial charge in [0.1, 0.15) is 5.76 Å². The van der Waals surface area contributed by atoms with Crippen LogP contribution in [0.5, 0.6) is 0 Å². The van der Waals surface area contributed by atoms with Crippen LogP contribution in [-0.4, -0.2) is 6.61 Å². The summed E-state index contributed by atoms with van der Waals surface area (Å²) in [6.07, 6.45) is 17.6. The lowest BCUT2D eigenvalue weighted by Gasteiger charge is -2.22. The van der Waals surface area contributed by atoms with E-state index in [0.29, 0.717) is 11.8 Å². The van der Waals surface area contributed by atoms with Gasteiger partial charge in [-0.15, -0.1) is 0 Å². The third-order valence-electron chi connectivity index (χ3n) is 2.83. The normalized spacial score (nSPS) is 27.4. The first kappa shape index (κ1) is 10.3. The van der Waals surface area contributed by atoms with E-state index >= 15 is 0 Å². The molecule has 0 saturated carbocycles. The standard InChI is InChI=1S/C14H18O/c1-2-3-10-15-14-9-8-12-6-4-5-7-13(12)11-14/h4-9,11-13H,2-3,10H2,1H3. The van der Waals surface area contributed by atoms with Crippen molar-refractivity contribution in [1.29, 1.82) is 0 Å². The number of ether oxygens (including phenoxy) is 1. The van der Waals surface area contributed by atoms with Crippen LogP contribution >= 0.6 is 0 Å². The number of hydrogen-bond acceptors (Lipinski definition) is 1. The first-order chi connectivity index (χ1) is 7.40. The van der Waals surface area contributed by atoms with Crippen molar-refractivity contribution in [3.8, 4) is 0 Å². The molecule has 2 atom stereocenters. The van der Waals surface area contributed by atoms with Crippen molar-refractivity contribution in [3.05, 3.63) is 48.3 Å². The molecular weight excluding hydrogens is 184 g/mol. The highest BCUT2D eigenvalue weighted by Gasteiger charge is 2.18. The Morgan fingerprint density at radius 2 is 1.93 bits per heavy atom. The van der Waals surface area contributed by atoms with E-state index < -0.39 is 0 Å². The first-order valence-corrected chi connectivity index (χ1v) is 5.78. The van der Waals surface area contributed by atoms with Gasteiger partial charge < -0.3 is 4.74 Å². The van der Waals surface area contributed by atoms with E-state index in [1.807, 2.05) is 0 Å². The van der Waals surface area contributed by atoms with Gasteiger partial charge in [0.25, 0.3) is 0 Å². The minimum Gasteiger partial charge on any atom is -0.494 e. The van der Waals surface area contributed by atoms with Gasteiger partial charge in [-0.2, -0.15) is 0 Å². The average molecular weight is 202 g/mol. The molecule has 0 bridgehead atoms. The van der Waals surface area contributed by atoms with Gasteiger partial charge in [-0.05, 0) is 18.6 Å². The molecule has 0 aliphatic heterocycles. The second-order valence-corrected chi connectivity index (χ2v) is 4.05. The summed E-state index contributed by atoms with van der Waals surface area (Å²) in [7, 11) is 0. The van der Waals surface area contributed by atoms with Crippen molar-refractivity contribution in [2.45, 2.75) is 19.8 Å². The predicted octanol–water partition coefficient (Wildman–Crippen LogP) is 3.62. The number of fused-ring (bicyclic) bond motifs is 1. The lowest BCUT2D eigenvalue weighted by molar-refractivity contribution is 0.215. The smallest absolute Gasteiger partial charge is 0.115 e. The molecule has 0 amide bonds. The van der Waals surface area contributed by atoms with E-state index in [0.717, 1.165) is 18.8 Å². The molecule has 2 aliphatic rings. The molecular formula is C14H18O.